The summed E-state index contributed by atoms with van der Waals surface area (Å²) >= 11 is 0. The second kappa shape index (κ2) is 24.0. The van der Waals surface area contributed by atoms with Crippen molar-refractivity contribution in [1.29, 1.82) is 0 Å². The number of likely N-dealkylation sites (tertiary alicyclic amines) is 1. The summed E-state index contributed by atoms with van der Waals surface area (Å²) in [5.41, 5.74) is 12.1. The monoisotopic (exact) mass is 865 g/mol. The van der Waals surface area contributed by atoms with Gasteiger partial charge < -0.3 is 58.5 Å². The highest BCUT2D eigenvalue weighted by Crippen LogP contribution is 2.20. The van der Waals surface area contributed by atoms with E-state index in [1.54, 1.807) is 30.3 Å². The molecule has 20 heteroatoms. The number of carboxylic acid groups (broad SMARTS) is 1. The topological polar surface area (TPSA) is 322 Å². The van der Waals surface area contributed by atoms with E-state index in [2.05, 4.69) is 31.9 Å². The summed E-state index contributed by atoms with van der Waals surface area (Å²) in [6.07, 6.45) is -0.329. The van der Waals surface area contributed by atoms with E-state index in [9.17, 15) is 53.4 Å². The first-order chi connectivity index (χ1) is 29.2. The lowest BCUT2D eigenvalue weighted by Crippen LogP contribution is -2.59. The van der Waals surface area contributed by atoms with Crippen molar-refractivity contribution in [1.82, 2.24) is 36.8 Å². The minimum Gasteiger partial charge on any atom is -0.508 e. The Balaban J connectivity index is 1.86. The molecule has 1 aliphatic heterocycles. The second-order valence-electron chi connectivity index (χ2n) is 15.8. The molecule has 0 spiro atoms. The van der Waals surface area contributed by atoms with Crippen LogP contribution in [0, 0.1) is 5.92 Å². The molecule has 0 aliphatic carbocycles. The molecule has 1 aliphatic rings. The van der Waals surface area contributed by atoms with Gasteiger partial charge >= 0.3 is 5.97 Å². The van der Waals surface area contributed by atoms with Crippen LogP contribution in [-0.4, -0.2) is 124 Å². The number of amides is 8. The number of aromatic hydroxyl groups is 1. The van der Waals surface area contributed by atoms with Crippen molar-refractivity contribution in [3.63, 3.8) is 0 Å². The fourth-order valence-corrected chi connectivity index (χ4v) is 6.70. The Bertz CT molecular complexity index is 1910. The standard InChI is InChI=1S/C42H59N9O11/c1-23(2)19-30(36(44)56)47-34(53)22-45-38(58)31(20-26-9-6-5-7-10-26)49-39(59)29(16-17-35(54)55)48-40(60)32(21-27-12-14-28(52)15-13-27)50-41(61)33-11-8-18-51(33)42(62)25(4)46-37(57)24(3)43/h5-7,9-10,12-15,23-25,29-33,52H,8,11,16-22,43H2,1-4H3,(H2,44,56)(H,45,58)(H,46,57)(H,47,53)(H,48,60)(H,49,59)(H,50,61)(H,54,55). The van der Waals surface area contributed by atoms with Crippen LogP contribution in [0.4, 0.5) is 0 Å². The maximum absolute atomic E-state index is 14.1. The van der Waals surface area contributed by atoms with Crippen molar-refractivity contribution in [2.24, 2.45) is 17.4 Å². The third kappa shape index (κ3) is 16.1. The van der Waals surface area contributed by atoms with Crippen molar-refractivity contribution in [2.45, 2.75) is 115 Å². The number of carbonyl (C=O) groups is 9. The van der Waals surface area contributed by atoms with Gasteiger partial charge in [-0.15, -0.1) is 0 Å². The predicted octanol–water partition coefficient (Wildman–Crippen LogP) is -1.53. The molecule has 12 N–H and O–H groups in total. The minimum atomic E-state index is -1.56. The zero-order valence-electron chi connectivity index (χ0n) is 35.3. The number of aliphatic carboxylic acids is 1. The van der Waals surface area contributed by atoms with Gasteiger partial charge in [0.25, 0.3) is 0 Å². The summed E-state index contributed by atoms with van der Waals surface area (Å²) in [5.74, 6) is -7.28. The van der Waals surface area contributed by atoms with E-state index in [-0.39, 0.29) is 43.9 Å². The molecular formula is C42H59N9O11. The first kappa shape index (κ1) is 49.8. The number of phenolic OH excluding ortho intramolecular Hbond substituents is 1. The average Bonchev–Trinajstić information content (AvgIpc) is 3.71. The number of primary amides is 1. The molecule has 2 aromatic carbocycles. The van der Waals surface area contributed by atoms with Gasteiger partial charge in [-0.2, -0.15) is 0 Å². The number of nitrogens with zero attached hydrogens (tertiary/aromatic N) is 1. The van der Waals surface area contributed by atoms with Crippen LogP contribution in [0.3, 0.4) is 0 Å². The van der Waals surface area contributed by atoms with Crippen molar-refractivity contribution in [3.8, 4) is 5.75 Å². The van der Waals surface area contributed by atoms with Gasteiger partial charge in [0, 0.05) is 25.8 Å². The number of benzene rings is 2. The van der Waals surface area contributed by atoms with Gasteiger partial charge in [0.2, 0.25) is 47.3 Å². The van der Waals surface area contributed by atoms with E-state index >= 15 is 0 Å². The first-order valence-electron chi connectivity index (χ1n) is 20.4. The molecule has 0 saturated carbocycles. The molecule has 8 amide bonds. The Labute approximate surface area is 359 Å². The number of rotatable bonds is 23. The number of carbonyl (C=O) groups excluding carboxylic acids is 8. The number of hydrogen-bond acceptors (Lipinski definition) is 11. The fraction of sp³-hybridized carbons (Fsp3) is 0.500. The molecule has 2 aromatic rings. The molecule has 0 radical (unpaired) electrons. The largest absolute Gasteiger partial charge is 0.508 e. The molecule has 338 valence electrons. The summed E-state index contributed by atoms with van der Waals surface area (Å²) < 4.78 is 0. The first-order valence-corrected chi connectivity index (χ1v) is 20.4. The smallest absolute Gasteiger partial charge is 0.303 e. The number of hydrogen-bond donors (Lipinski definition) is 10. The molecule has 20 nitrogen and oxygen atoms in total. The lowest BCUT2D eigenvalue weighted by molar-refractivity contribution is -0.142. The van der Waals surface area contributed by atoms with Gasteiger partial charge in [-0.1, -0.05) is 56.3 Å². The number of carboxylic acids is 1. The van der Waals surface area contributed by atoms with E-state index in [0.717, 1.165) is 0 Å². The zero-order valence-corrected chi connectivity index (χ0v) is 35.3. The van der Waals surface area contributed by atoms with Gasteiger partial charge in [-0.3, -0.25) is 43.2 Å². The maximum atomic E-state index is 14.1. The van der Waals surface area contributed by atoms with E-state index in [1.165, 1.54) is 43.0 Å². The molecule has 7 atom stereocenters. The molecule has 0 aromatic heterocycles. The highest BCUT2D eigenvalue weighted by atomic mass is 16.4. The van der Waals surface area contributed by atoms with Crippen molar-refractivity contribution >= 4 is 53.2 Å². The second-order valence-corrected chi connectivity index (χ2v) is 15.8. The van der Waals surface area contributed by atoms with Crippen LogP contribution in [0.5, 0.6) is 5.75 Å². The summed E-state index contributed by atoms with van der Waals surface area (Å²) in [6, 6.07) is 6.08. The highest BCUT2D eigenvalue weighted by molar-refractivity contribution is 5.97. The minimum absolute atomic E-state index is 0.0200. The Morgan fingerprint density at radius 3 is 1.89 bits per heavy atom. The number of nitrogens with two attached hydrogens (primary N) is 2. The van der Waals surface area contributed by atoms with Gasteiger partial charge in [0.05, 0.1) is 12.6 Å². The summed E-state index contributed by atoms with van der Waals surface area (Å²) in [4.78, 5) is 119. The van der Waals surface area contributed by atoms with Crippen LogP contribution in [-0.2, 0) is 56.0 Å². The van der Waals surface area contributed by atoms with E-state index in [4.69, 9.17) is 11.5 Å². The lowest BCUT2D eigenvalue weighted by Gasteiger charge is -2.29. The lowest BCUT2D eigenvalue weighted by atomic mass is 10.0. The fourth-order valence-electron chi connectivity index (χ4n) is 6.70. The van der Waals surface area contributed by atoms with Crippen molar-refractivity contribution in [2.75, 3.05) is 13.1 Å². The molecule has 7 unspecified atom stereocenters. The van der Waals surface area contributed by atoms with Crippen LogP contribution in [0.25, 0.3) is 0 Å². The van der Waals surface area contributed by atoms with E-state index in [1.807, 2.05) is 13.8 Å². The molecule has 62 heavy (non-hydrogen) atoms. The third-order valence-electron chi connectivity index (χ3n) is 9.99. The van der Waals surface area contributed by atoms with Crippen LogP contribution >= 0.6 is 0 Å². The van der Waals surface area contributed by atoms with Crippen LogP contribution in [0.1, 0.15) is 70.9 Å². The van der Waals surface area contributed by atoms with Crippen LogP contribution in [0.15, 0.2) is 54.6 Å². The van der Waals surface area contributed by atoms with Gasteiger partial charge in [0.15, 0.2) is 0 Å². The maximum Gasteiger partial charge on any atom is 0.303 e. The Hall–Kier alpha value is -6.57. The van der Waals surface area contributed by atoms with Gasteiger partial charge in [-0.05, 0) is 68.7 Å². The van der Waals surface area contributed by atoms with Crippen LogP contribution < -0.4 is 43.4 Å². The Kier molecular flexibility index (Phi) is 19.3. The van der Waals surface area contributed by atoms with Crippen molar-refractivity contribution < 1.29 is 53.4 Å². The number of phenols is 1. The van der Waals surface area contributed by atoms with E-state index < -0.39 is 115 Å². The Morgan fingerprint density at radius 2 is 1.31 bits per heavy atom. The van der Waals surface area contributed by atoms with Gasteiger partial charge in [-0.25, -0.2) is 0 Å². The molecule has 0 bridgehead atoms. The predicted molar refractivity (Wildman–Crippen MR) is 224 cm³/mol. The summed E-state index contributed by atoms with van der Waals surface area (Å²) in [6.45, 7) is 6.20. The molecule has 3 rings (SSSR count). The quantitative estimate of drug-likeness (QED) is 0.0609. The number of nitrogens with one attached hydrogen (secondary N) is 6. The Morgan fingerprint density at radius 1 is 0.726 bits per heavy atom. The van der Waals surface area contributed by atoms with Crippen LogP contribution in [0.2, 0.25) is 0 Å². The normalized spacial score (nSPS) is 16.4. The molecule has 1 saturated heterocycles. The summed E-state index contributed by atoms with van der Waals surface area (Å²) in [7, 11) is 0. The third-order valence-corrected chi connectivity index (χ3v) is 9.99. The van der Waals surface area contributed by atoms with E-state index in [0.29, 0.717) is 17.5 Å². The molecule has 1 fully saturated rings. The van der Waals surface area contributed by atoms with Crippen molar-refractivity contribution in [3.05, 3.63) is 65.7 Å². The molecular weight excluding hydrogens is 807 g/mol. The average molecular weight is 866 g/mol. The summed E-state index contributed by atoms with van der Waals surface area (Å²) in [5, 5.41) is 34.6. The highest BCUT2D eigenvalue weighted by Gasteiger charge is 2.39. The van der Waals surface area contributed by atoms with Gasteiger partial charge in [0.1, 0.15) is 42.0 Å². The SMILES string of the molecule is CC(C)CC(NC(=O)CNC(=O)C(Cc1ccccc1)NC(=O)C(CCC(=O)O)NC(=O)C(Cc1ccc(O)cc1)NC(=O)C1CCCN1C(=O)C(C)NC(=O)C(C)N)C(N)=O. The molecule has 1 heterocycles. The zero-order chi connectivity index (χ0) is 46.1.